The number of hydrogen-bond acceptors (Lipinski definition) is 2. The van der Waals surface area contributed by atoms with Crippen LogP contribution in [0.4, 0.5) is 0 Å². The van der Waals surface area contributed by atoms with Crippen molar-refractivity contribution in [1.29, 1.82) is 0 Å². The van der Waals surface area contributed by atoms with Crippen LogP contribution in [0.2, 0.25) is 0 Å². The molecule has 2 heteroatoms. The van der Waals surface area contributed by atoms with Crippen LogP contribution < -0.4 is 0 Å². The normalized spacial score (nSPS) is 53.8. The second kappa shape index (κ2) is 2.71. The molecule has 1 heterocycles. The molecule has 0 aromatic heterocycles. The van der Waals surface area contributed by atoms with Gasteiger partial charge in [0.15, 0.2) is 0 Å². The van der Waals surface area contributed by atoms with E-state index in [4.69, 9.17) is 4.74 Å². The minimum absolute atomic E-state index is 0.104. The van der Waals surface area contributed by atoms with Gasteiger partial charge in [-0.2, -0.15) is 0 Å². The standard InChI is InChI=1S/C10H18O2/c1-7-6-12-9-5-8(7)3-4-10(9,2)11/h7-9,11H,3-6H2,1-2H3/t7-,8+,9+,10-/m0/s1. The fraction of sp³-hybridized carbons (Fsp3) is 1.00. The summed E-state index contributed by atoms with van der Waals surface area (Å²) >= 11 is 0. The summed E-state index contributed by atoms with van der Waals surface area (Å²) in [5.41, 5.74) is -0.559. The Bertz CT molecular complexity index is 177. The van der Waals surface area contributed by atoms with Gasteiger partial charge in [-0.15, -0.1) is 0 Å². The number of hydrogen-bond donors (Lipinski definition) is 1. The molecule has 1 saturated heterocycles. The Hall–Kier alpha value is -0.0800. The first-order chi connectivity index (χ1) is 5.59. The molecule has 0 spiro atoms. The summed E-state index contributed by atoms with van der Waals surface area (Å²) < 4.78 is 5.63. The van der Waals surface area contributed by atoms with Gasteiger partial charge in [-0.1, -0.05) is 6.92 Å². The lowest BCUT2D eigenvalue weighted by atomic mass is 9.71. The van der Waals surface area contributed by atoms with Crippen LogP contribution in [-0.2, 0) is 4.74 Å². The van der Waals surface area contributed by atoms with Crippen LogP contribution in [0.15, 0.2) is 0 Å². The molecular weight excluding hydrogens is 152 g/mol. The van der Waals surface area contributed by atoms with Crippen molar-refractivity contribution in [1.82, 2.24) is 0 Å². The summed E-state index contributed by atoms with van der Waals surface area (Å²) in [5.74, 6) is 1.49. The lowest BCUT2D eigenvalue weighted by Crippen LogP contribution is -2.51. The highest BCUT2D eigenvalue weighted by molar-refractivity contribution is 4.94. The first-order valence-electron chi connectivity index (χ1n) is 4.93. The second-order valence-electron chi connectivity index (χ2n) is 4.69. The molecule has 2 bridgehead atoms. The molecule has 12 heavy (non-hydrogen) atoms. The predicted octanol–water partition coefficient (Wildman–Crippen LogP) is 1.57. The molecule has 0 amide bonds. The van der Waals surface area contributed by atoms with Crippen molar-refractivity contribution in [2.75, 3.05) is 6.61 Å². The average Bonchev–Trinajstić information content (AvgIpc) is 2.02. The van der Waals surface area contributed by atoms with Crippen molar-refractivity contribution in [2.45, 2.75) is 44.8 Å². The first kappa shape index (κ1) is 8.52. The Balaban J connectivity index is 2.09. The minimum Gasteiger partial charge on any atom is -0.387 e. The third-order valence-corrected chi connectivity index (χ3v) is 3.60. The van der Waals surface area contributed by atoms with Crippen LogP contribution in [0.3, 0.4) is 0 Å². The molecule has 0 unspecified atom stereocenters. The second-order valence-corrected chi connectivity index (χ2v) is 4.69. The summed E-state index contributed by atoms with van der Waals surface area (Å²) in [5, 5.41) is 9.95. The van der Waals surface area contributed by atoms with Crippen molar-refractivity contribution in [3.63, 3.8) is 0 Å². The maximum Gasteiger partial charge on any atom is 0.0880 e. The Morgan fingerprint density at radius 2 is 2.25 bits per heavy atom. The molecule has 70 valence electrons. The third-order valence-electron chi connectivity index (χ3n) is 3.60. The first-order valence-corrected chi connectivity index (χ1v) is 4.93. The fourth-order valence-electron chi connectivity index (χ4n) is 2.45. The highest BCUT2D eigenvalue weighted by Gasteiger charge is 2.43. The van der Waals surface area contributed by atoms with Gasteiger partial charge in [0.25, 0.3) is 0 Å². The lowest BCUT2D eigenvalue weighted by molar-refractivity contribution is -0.172. The smallest absolute Gasteiger partial charge is 0.0880 e. The Kier molecular flexibility index (Phi) is 1.92. The van der Waals surface area contributed by atoms with Crippen LogP contribution >= 0.6 is 0 Å². The molecule has 1 saturated carbocycles. The Labute approximate surface area is 73.9 Å². The Morgan fingerprint density at radius 1 is 1.50 bits per heavy atom. The van der Waals surface area contributed by atoms with Gasteiger partial charge in [0.05, 0.1) is 11.7 Å². The topological polar surface area (TPSA) is 29.5 Å². The molecule has 1 N–H and O–H groups in total. The molecule has 2 rings (SSSR count). The van der Waals surface area contributed by atoms with Gasteiger partial charge in [0.2, 0.25) is 0 Å². The van der Waals surface area contributed by atoms with E-state index in [2.05, 4.69) is 6.92 Å². The zero-order chi connectivity index (χ0) is 8.77. The van der Waals surface area contributed by atoms with E-state index in [0.717, 1.165) is 25.4 Å². The maximum absolute atomic E-state index is 9.95. The molecule has 1 aliphatic heterocycles. The lowest BCUT2D eigenvalue weighted by Gasteiger charge is -2.46. The van der Waals surface area contributed by atoms with E-state index in [1.165, 1.54) is 6.42 Å². The summed E-state index contributed by atoms with van der Waals surface area (Å²) in [4.78, 5) is 0. The molecule has 4 atom stereocenters. The van der Waals surface area contributed by atoms with Gasteiger partial charge in [-0.3, -0.25) is 0 Å². The van der Waals surface area contributed by atoms with Crippen molar-refractivity contribution in [2.24, 2.45) is 11.8 Å². The number of aliphatic hydroxyl groups is 1. The minimum atomic E-state index is -0.559. The van der Waals surface area contributed by atoms with Gasteiger partial charge in [0.1, 0.15) is 0 Å². The average molecular weight is 170 g/mol. The van der Waals surface area contributed by atoms with Crippen LogP contribution in [0.25, 0.3) is 0 Å². The summed E-state index contributed by atoms with van der Waals surface area (Å²) in [6.07, 6.45) is 3.25. The quantitative estimate of drug-likeness (QED) is 0.598. The van der Waals surface area contributed by atoms with Crippen molar-refractivity contribution in [3.8, 4) is 0 Å². The maximum atomic E-state index is 9.95. The fourth-order valence-corrected chi connectivity index (χ4v) is 2.45. The van der Waals surface area contributed by atoms with E-state index in [-0.39, 0.29) is 6.10 Å². The summed E-state index contributed by atoms with van der Waals surface area (Å²) in [6, 6.07) is 0. The van der Waals surface area contributed by atoms with E-state index in [9.17, 15) is 5.11 Å². The van der Waals surface area contributed by atoms with E-state index in [1.807, 2.05) is 6.92 Å². The monoisotopic (exact) mass is 170 g/mol. The SMILES string of the molecule is C[C@H]1CO[C@@H]2C[C@H]1CC[C@]2(C)O. The van der Waals surface area contributed by atoms with Crippen LogP contribution in [0, 0.1) is 11.8 Å². The number of fused-ring (bicyclic) bond motifs is 2. The summed E-state index contributed by atoms with van der Waals surface area (Å²) in [7, 11) is 0. The van der Waals surface area contributed by atoms with Crippen LogP contribution in [0.1, 0.15) is 33.1 Å². The van der Waals surface area contributed by atoms with E-state index < -0.39 is 5.60 Å². The molecule has 0 aromatic carbocycles. The molecule has 0 aromatic rings. The number of rotatable bonds is 0. The number of ether oxygens (including phenoxy) is 1. The third kappa shape index (κ3) is 1.27. The molecule has 0 radical (unpaired) electrons. The van der Waals surface area contributed by atoms with E-state index in [0.29, 0.717) is 5.92 Å². The highest BCUT2D eigenvalue weighted by Crippen LogP contribution is 2.41. The van der Waals surface area contributed by atoms with E-state index >= 15 is 0 Å². The molecule has 1 aliphatic carbocycles. The molecule has 2 fully saturated rings. The summed E-state index contributed by atoms with van der Waals surface area (Å²) in [6.45, 7) is 5.00. The largest absolute Gasteiger partial charge is 0.387 e. The van der Waals surface area contributed by atoms with Crippen molar-refractivity contribution < 1.29 is 9.84 Å². The van der Waals surface area contributed by atoms with Crippen molar-refractivity contribution >= 4 is 0 Å². The van der Waals surface area contributed by atoms with Gasteiger partial charge >= 0.3 is 0 Å². The molecular formula is C10H18O2. The van der Waals surface area contributed by atoms with Gasteiger partial charge in [0, 0.05) is 6.61 Å². The van der Waals surface area contributed by atoms with Gasteiger partial charge < -0.3 is 9.84 Å². The zero-order valence-electron chi connectivity index (χ0n) is 7.92. The predicted molar refractivity (Wildman–Crippen MR) is 46.9 cm³/mol. The Morgan fingerprint density at radius 3 is 3.00 bits per heavy atom. The highest BCUT2D eigenvalue weighted by atomic mass is 16.5. The molecule has 2 nitrogen and oxygen atoms in total. The van der Waals surface area contributed by atoms with Gasteiger partial charge in [-0.25, -0.2) is 0 Å². The van der Waals surface area contributed by atoms with Crippen LogP contribution in [0.5, 0.6) is 0 Å². The van der Waals surface area contributed by atoms with E-state index in [1.54, 1.807) is 0 Å². The van der Waals surface area contributed by atoms with Crippen molar-refractivity contribution in [3.05, 3.63) is 0 Å². The van der Waals surface area contributed by atoms with Gasteiger partial charge in [-0.05, 0) is 38.0 Å². The van der Waals surface area contributed by atoms with Crippen LogP contribution in [-0.4, -0.2) is 23.4 Å². The molecule has 2 aliphatic rings. The zero-order valence-corrected chi connectivity index (χ0v) is 7.92.